The molecule has 0 atom stereocenters. The molecule has 1 rings (SSSR count). The van der Waals surface area contributed by atoms with Crippen LogP contribution in [0.3, 0.4) is 0 Å². The molecular formula is C16H25NO2. The van der Waals surface area contributed by atoms with Crippen molar-refractivity contribution in [3.8, 4) is 0 Å². The van der Waals surface area contributed by atoms with E-state index in [2.05, 4.69) is 29.6 Å². The number of nitrogens with one attached hydrogen (secondary N) is 1. The normalized spacial score (nSPS) is 10.7. The van der Waals surface area contributed by atoms with Crippen molar-refractivity contribution < 1.29 is 9.53 Å². The van der Waals surface area contributed by atoms with E-state index in [0.29, 0.717) is 19.6 Å². The molecule has 0 bridgehead atoms. The van der Waals surface area contributed by atoms with Gasteiger partial charge in [0.15, 0.2) is 0 Å². The first-order chi connectivity index (χ1) is 9.18. The largest absolute Gasteiger partial charge is 0.377 e. The molecule has 1 amide bonds. The second-order valence-electron chi connectivity index (χ2n) is 4.96. The van der Waals surface area contributed by atoms with E-state index in [4.69, 9.17) is 4.74 Å². The Hall–Kier alpha value is -1.35. The number of carbonyl (C=O) groups excluding carboxylic acids is 1. The topological polar surface area (TPSA) is 38.3 Å². The molecule has 19 heavy (non-hydrogen) atoms. The Morgan fingerprint density at radius 3 is 2.63 bits per heavy atom. The smallest absolute Gasteiger partial charge is 0.220 e. The van der Waals surface area contributed by atoms with Crippen molar-refractivity contribution in [3.05, 3.63) is 35.9 Å². The summed E-state index contributed by atoms with van der Waals surface area (Å²) in [7, 11) is 0. The summed E-state index contributed by atoms with van der Waals surface area (Å²) in [6.45, 7) is 5.18. The number of ether oxygens (including phenoxy) is 1. The van der Waals surface area contributed by atoms with Crippen LogP contribution in [0.25, 0.3) is 0 Å². The first-order valence-electron chi connectivity index (χ1n) is 7.10. The molecule has 1 aromatic rings. The fraction of sp³-hybridized carbons (Fsp3) is 0.562. The minimum Gasteiger partial charge on any atom is -0.377 e. The monoisotopic (exact) mass is 263 g/mol. The van der Waals surface area contributed by atoms with E-state index in [1.165, 1.54) is 5.56 Å². The van der Waals surface area contributed by atoms with Gasteiger partial charge in [0.2, 0.25) is 5.91 Å². The zero-order valence-electron chi connectivity index (χ0n) is 12.0. The maximum atomic E-state index is 11.5. The van der Waals surface area contributed by atoms with Gasteiger partial charge in [0.25, 0.3) is 0 Å². The number of unbranched alkanes of at least 4 members (excludes halogenated alkanes) is 1. The second kappa shape index (κ2) is 9.56. The molecule has 106 valence electrons. The van der Waals surface area contributed by atoms with Crippen LogP contribution in [0.4, 0.5) is 0 Å². The molecule has 0 aliphatic rings. The Kier molecular flexibility index (Phi) is 7.91. The predicted molar refractivity (Wildman–Crippen MR) is 78.1 cm³/mol. The van der Waals surface area contributed by atoms with Gasteiger partial charge in [-0.2, -0.15) is 0 Å². The molecule has 0 aliphatic carbocycles. The quantitative estimate of drug-likeness (QED) is 0.696. The van der Waals surface area contributed by atoms with Crippen LogP contribution in [0.1, 0.15) is 38.7 Å². The molecule has 3 nitrogen and oxygen atoms in total. The molecule has 0 spiro atoms. The third kappa shape index (κ3) is 8.38. The fourth-order valence-corrected chi connectivity index (χ4v) is 1.83. The van der Waals surface area contributed by atoms with Crippen LogP contribution in [0.5, 0.6) is 0 Å². The van der Waals surface area contributed by atoms with Crippen LogP contribution in [0.15, 0.2) is 30.3 Å². The molecule has 1 N–H and O–H groups in total. The highest BCUT2D eigenvalue weighted by Crippen LogP contribution is 2.05. The molecule has 0 saturated carbocycles. The lowest BCUT2D eigenvalue weighted by atomic mass is 10.1. The summed E-state index contributed by atoms with van der Waals surface area (Å²) in [5.74, 6) is 0.125. The average Bonchev–Trinajstić information content (AvgIpc) is 2.41. The van der Waals surface area contributed by atoms with Gasteiger partial charge in [-0.15, -0.1) is 0 Å². The summed E-state index contributed by atoms with van der Waals surface area (Å²) in [5.41, 5.74) is 1.34. The molecular weight excluding hydrogens is 238 g/mol. The van der Waals surface area contributed by atoms with Gasteiger partial charge in [0.1, 0.15) is 0 Å². The highest BCUT2D eigenvalue weighted by atomic mass is 16.5. The Bertz CT molecular complexity index is 349. The minimum atomic E-state index is 0.125. The number of benzene rings is 1. The summed E-state index contributed by atoms with van der Waals surface area (Å²) in [6.07, 6.45) is 3.87. The average molecular weight is 263 g/mol. The molecule has 0 heterocycles. The Balaban J connectivity index is 1.98. The van der Waals surface area contributed by atoms with Crippen LogP contribution in [0, 0.1) is 0 Å². The van der Waals surface area contributed by atoms with Gasteiger partial charge in [0, 0.05) is 13.0 Å². The Morgan fingerprint density at radius 2 is 1.95 bits per heavy atom. The summed E-state index contributed by atoms with van der Waals surface area (Å²) in [5, 5.41) is 2.87. The van der Waals surface area contributed by atoms with Crippen molar-refractivity contribution in [2.75, 3.05) is 13.2 Å². The number of hydrogen-bond donors (Lipinski definition) is 1. The maximum absolute atomic E-state index is 11.5. The Labute approximate surface area is 116 Å². The van der Waals surface area contributed by atoms with Gasteiger partial charge < -0.3 is 10.1 Å². The van der Waals surface area contributed by atoms with Gasteiger partial charge in [-0.25, -0.2) is 0 Å². The van der Waals surface area contributed by atoms with Crippen molar-refractivity contribution in [2.45, 2.75) is 45.6 Å². The first-order valence-corrected chi connectivity index (χ1v) is 7.10. The van der Waals surface area contributed by atoms with E-state index in [1.54, 1.807) is 0 Å². The van der Waals surface area contributed by atoms with Crippen LogP contribution in [0.2, 0.25) is 0 Å². The predicted octanol–water partition coefficient (Wildman–Crippen LogP) is 2.94. The molecule has 3 heteroatoms. The second-order valence-corrected chi connectivity index (χ2v) is 4.96. The highest BCUT2D eigenvalue weighted by Gasteiger charge is 2.01. The summed E-state index contributed by atoms with van der Waals surface area (Å²) in [4.78, 5) is 11.5. The summed E-state index contributed by atoms with van der Waals surface area (Å²) < 4.78 is 5.36. The lowest BCUT2D eigenvalue weighted by Crippen LogP contribution is -2.27. The van der Waals surface area contributed by atoms with Crippen molar-refractivity contribution >= 4 is 5.91 Å². The first kappa shape index (κ1) is 15.7. The minimum absolute atomic E-state index is 0.125. The molecule has 0 radical (unpaired) electrons. The third-order valence-electron chi connectivity index (χ3n) is 2.84. The van der Waals surface area contributed by atoms with Crippen molar-refractivity contribution in [3.63, 3.8) is 0 Å². The van der Waals surface area contributed by atoms with Gasteiger partial charge in [-0.1, -0.05) is 30.3 Å². The van der Waals surface area contributed by atoms with E-state index >= 15 is 0 Å². The standard InChI is InChI=1S/C16H25NO2/c1-14(2)19-13-12-17-16(18)11-7-6-10-15-8-4-3-5-9-15/h3-5,8-9,14H,6-7,10-13H2,1-2H3,(H,17,18). The van der Waals surface area contributed by atoms with Crippen LogP contribution in [-0.4, -0.2) is 25.2 Å². The van der Waals surface area contributed by atoms with Crippen LogP contribution >= 0.6 is 0 Å². The zero-order valence-corrected chi connectivity index (χ0v) is 12.0. The van der Waals surface area contributed by atoms with E-state index in [1.807, 2.05) is 19.9 Å². The fourth-order valence-electron chi connectivity index (χ4n) is 1.83. The molecule has 1 aromatic carbocycles. The van der Waals surface area contributed by atoms with E-state index in [0.717, 1.165) is 19.3 Å². The lowest BCUT2D eigenvalue weighted by molar-refractivity contribution is -0.121. The molecule has 0 saturated heterocycles. The van der Waals surface area contributed by atoms with Crippen molar-refractivity contribution in [2.24, 2.45) is 0 Å². The molecule has 0 aromatic heterocycles. The van der Waals surface area contributed by atoms with Crippen molar-refractivity contribution in [1.82, 2.24) is 5.32 Å². The number of amides is 1. The molecule has 0 aliphatic heterocycles. The van der Waals surface area contributed by atoms with Gasteiger partial charge >= 0.3 is 0 Å². The Morgan fingerprint density at radius 1 is 1.21 bits per heavy atom. The lowest BCUT2D eigenvalue weighted by Gasteiger charge is -2.08. The van der Waals surface area contributed by atoms with Crippen molar-refractivity contribution in [1.29, 1.82) is 0 Å². The van der Waals surface area contributed by atoms with Gasteiger partial charge in [-0.3, -0.25) is 4.79 Å². The van der Waals surface area contributed by atoms with E-state index < -0.39 is 0 Å². The SMILES string of the molecule is CC(C)OCCNC(=O)CCCCc1ccccc1. The van der Waals surface area contributed by atoms with Crippen LogP contribution in [-0.2, 0) is 16.0 Å². The van der Waals surface area contributed by atoms with E-state index in [-0.39, 0.29) is 12.0 Å². The number of hydrogen-bond acceptors (Lipinski definition) is 2. The maximum Gasteiger partial charge on any atom is 0.220 e. The molecule has 0 fully saturated rings. The molecule has 0 unspecified atom stereocenters. The van der Waals surface area contributed by atoms with E-state index in [9.17, 15) is 4.79 Å². The van der Waals surface area contributed by atoms with Gasteiger partial charge in [0.05, 0.1) is 12.7 Å². The summed E-state index contributed by atoms with van der Waals surface area (Å²) in [6, 6.07) is 10.4. The number of aryl methyl sites for hydroxylation is 1. The number of rotatable bonds is 9. The van der Waals surface area contributed by atoms with Crippen LogP contribution < -0.4 is 5.32 Å². The number of carbonyl (C=O) groups is 1. The zero-order chi connectivity index (χ0) is 13.9. The van der Waals surface area contributed by atoms with Gasteiger partial charge in [-0.05, 0) is 38.7 Å². The summed E-state index contributed by atoms with van der Waals surface area (Å²) >= 11 is 0. The third-order valence-corrected chi connectivity index (χ3v) is 2.84. The highest BCUT2D eigenvalue weighted by molar-refractivity contribution is 5.75.